The van der Waals surface area contributed by atoms with Gasteiger partial charge in [-0.2, -0.15) is 0 Å². The molecule has 0 saturated heterocycles. The van der Waals surface area contributed by atoms with Crippen molar-refractivity contribution < 1.29 is 13.9 Å². The van der Waals surface area contributed by atoms with Gasteiger partial charge in [0.25, 0.3) is 0 Å². The summed E-state index contributed by atoms with van der Waals surface area (Å²) in [5.41, 5.74) is 17.0. The third kappa shape index (κ3) is 5.61. The summed E-state index contributed by atoms with van der Waals surface area (Å²) in [4.78, 5) is 15.3. The number of nitrogens with two attached hydrogens (primary N) is 3. The van der Waals surface area contributed by atoms with Gasteiger partial charge in [-0.1, -0.05) is 20.8 Å². The number of carbonyl (C=O) groups is 1. The molecule has 0 aromatic heterocycles. The van der Waals surface area contributed by atoms with Gasteiger partial charge < -0.3 is 21.9 Å². The number of benzene rings is 1. The van der Waals surface area contributed by atoms with E-state index in [2.05, 4.69) is 4.99 Å². The molecule has 6 nitrogen and oxygen atoms in total. The number of guanidine groups is 1. The Morgan fingerprint density at radius 3 is 2.43 bits per heavy atom. The topological polar surface area (TPSA) is 117 Å². The summed E-state index contributed by atoms with van der Waals surface area (Å²) in [6.45, 7) is 5.90. The van der Waals surface area contributed by atoms with Crippen LogP contribution in [-0.2, 0) is 5.41 Å². The van der Waals surface area contributed by atoms with Crippen LogP contribution in [0.2, 0.25) is 0 Å². The van der Waals surface area contributed by atoms with Gasteiger partial charge in [-0.25, -0.2) is 9.38 Å². The highest BCUT2D eigenvalue weighted by atomic mass is 19.1. The summed E-state index contributed by atoms with van der Waals surface area (Å²) in [6.07, 6.45) is 0.412. The predicted molar refractivity (Wildman–Crippen MR) is 89.0 cm³/mol. The van der Waals surface area contributed by atoms with Crippen molar-refractivity contribution in [3.05, 3.63) is 41.2 Å². The molecule has 0 radical (unpaired) electrons. The molecule has 1 amide bonds. The molecule has 126 valence electrons. The van der Waals surface area contributed by atoms with Crippen LogP contribution >= 0.6 is 0 Å². The number of carbonyl (C=O) groups excluding carboxylic acids is 1. The lowest BCUT2D eigenvalue weighted by Gasteiger charge is -2.22. The molecular weight excluding hydrogens is 299 g/mol. The summed E-state index contributed by atoms with van der Waals surface area (Å²) in [5, 5.41) is 0. The van der Waals surface area contributed by atoms with Crippen molar-refractivity contribution >= 4 is 11.9 Å². The molecule has 1 rings (SSSR count). The van der Waals surface area contributed by atoms with Crippen molar-refractivity contribution in [2.75, 3.05) is 13.2 Å². The first-order chi connectivity index (χ1) is 10.6. The van der Waals surface area contributed by atoms with Gasteiger partial charge in [0.2, 0.25) is 5.91 Å². The van der Waals surface area contributed by atoms with Crippen molar-refractivity contribution in [2.45, 2.75) is 26.2 Å². The van der Waals surface area contributed by atoms with Crippen LogP contribution in [0.1, 0.15) is 36.7 Å². The van der Waals surface area contributed by atoms with Gasteiger partial charge in [0.15, 0.2) is 5.96 Å². The third-order valence-corrected chi connectivity index (χ3v) is 3.11. The van der Waals surface area contributed by atoms with Crippen LogP contribution in [-0.4, -0.2) is 25.0 Å². The second-order valence-electron chi connectivity index (χ2n) is 6.12. The lowest BCUT2D eigenvalue weighted by atomic mass is 9.83. The van der Waals surface area contributed by atoms with Crippen molar-refractivity contribution in [3.63, 3.8) is 0 Å². The van der Waals surface area contributed by atoms with Gasteiger partial charge in [0, 0.05) is 11.1 Å². The standard InChI is InChI=1S/C16H23FN4O2/c1-16(2,3)13-6-11(4-5-12(13)14(18)22)23-9-10(7-17)8-21-15(19)20/h4-7H,8-9H2,1-3H3,(H2,18,22)(H4,19,20,21)/b10-7+. The highest BCUT2D eigenvalue weighted by molar-refractivity contribution is 5.94. The average molecular weight is 322 g/mol. The van der Waals surface area contributed by atoms with Crippen molar-refractivity contribution in [1.82, 2.24) is 0 Å². The van der Waals surface area contributed by atoms with E-state index in [1.165, 1.54) is 0 Å². The van der Waals surface area contributed by atoms with Crippen LogP contribution < -0.4 is 21.9 Å². The highest BCUT2D eigenvalue weighted by Crippen LogP contribution is 2.29. The molecule has 0 fully saturated rings. The number of halogens is 1. The molecule has 0 aliphatic heterocycles. The number of nitrogens with zero attached hydrogens (tertiary/aromatic N) is 1. The zero-order chi connectivity index (χ0) is 17.6. The van der Waals surface area contributed by atoms with Crippen LogP contribution in [0, 0.1) is 0 Å². The maximum atomic E-state index is 12.8. The number of primary amides is 1. The van der Waals surface area contributed by atoms with Gasteiger partial charge >= 0.3 is 0 Å². The molecular formula is C16H23FN4O2. The second-order valence-corrected chi connectivity index (χ2v) is 6.12. The monoisotopic (exact) mass is 322 g/mol. The van der Waals surface area contributed by atoms with E-state index in [9.17, 15) is 9.18 Å². The first-order valence-corrected chi connectivity index (χ1v) is 7.05. The molecule has 0 unspecified atom stereocenters. The summed E-state index contributed by atoms with van der Waals surface area (Å²) in [7, 11) is 0. The molecule has 0 aliphatic carbocycles. The number of rotatable bonds is 6. The molecule has 0 atom stereocenters. The van der Waals surface area contributed by atoms with Crippen LogP contribution in [0.25, 0.3) is 0 Å². The summed E-state index contributed by atoms with van der Waals surface area (Å²) in [5.74, 6) is -0.118. The van der Waals surface area contributed by atoms with Gasteiger partial charge in [-0.15, -0.1) is 0 Å². The first kappa shape index (κ1) is 18.5. The number of hydrogen-bond acceptors (Lipinski definition) is 3. The maximum Gasteiger partial charge on any atom is 0.249 e. The molecule has 7 heteroatoms. The summed E-state index contributed by atoms with van der Waals surface area (Å²) < 4.78 is 18.3. The van der Waals surface area contributed by atoms with E-state index in [0.717, 1.165) is 5.56 Å². The maximum absolute atomic E-state index is 12.8. The molecule has 6 N–H and O–H groups in total. The molecule has 1 aromatic rings. The molecule has 0 bridgehead atoms. The van der Waals surface area contributed by atoms with E-state index >= 15 is 0 Å². The molecule has 0 heterocycles. The van der Waals surface area contributed by atoms with Gasteiger partial charge in [-0.05, 0) is 29.2 Å². The minimum Gasteiger partial charge on any atom is -0.489 e. The minimum absolute atomic E-state index is 0.00716. The van der Waals surface area contributed by atoms with E-state index in [-0.39, 0.29) is 30.1 Å². The summed E-state index contributed by atoms with van der Waals surface area (Å²) >= 11 is 0. The molecule has 1 aromatic carbocycles. The Kier molecular flexibility index (Phi) is 6.12. The van der Waals surface area contributed by atoms with Crippen molar-refractivity contribution in [3.8, 4) is 5.75 Å². The third-order valence-electron chi connectivity index (χ3n) is 3.11. The first-order valence-electron chi connectivity index (χ1n) is 7.05. The molecule has 23 heavy (non-hydrogen) atoms. The van der Waals surface area contributed by atoms with Crippen LogP contribution in [0.4, 0.5) is 4.39 Å². The number of hydrogen-bond donors (Lipinski definition) is 3. The molecule has 0 saturated carbocycles. The van der Waals surface area contributed by atoms with Gasteiger partial charge in [0.1, 0.15) is 12.4 Å². The Morgan fingerprint density at radius 2 is 1.96 bits per heavy atom. The minimum atomic E-state index is -0.501. The highest BCUT2D eigenvalue weighted by Gasteiger charge is 2.21. The molecule has 0 aliphatic rings. The SMILES string of the molecule is CC(C)(C)c1cc(OC/C(=C/F)CN=C(N)N)ccc1C(N)=O. The van der Waals surface area contributed by atoms with Gasteiger partial charge in [-0.3, -0.25) is 4.79 Å². The Morgan fingerprint density at radius 1 is 1.30 bits per heavy atom. The zero-order valence-electron chi connectivity index (χ0n) is 13.6. The Balaban J connectivity index is 2.94. The molecule has 0 spiro atoms. The normalized spacial score (nSPS) is 11.9. The van der Waals surface area contributed by atoms with Crippen LogP contribution in [0.3, 0.4) is 0 Å². The van der Waals surface area contributed by atoms with Crippen molar-refractivity contribution in [2.24, 2.45) is 22.2 Å². The van der Waals surface area contributed by atoms with Crippen LogP contribution in [0.15, 0.2) is 35.1 Å². The fourth-order valence-corrected chi connectivity index (χ4v) is 1.93. The number of aliphatic imine (C=N–C) groups is 1. The summed E-state index contributed by atoms with van der Waals surface area (Å²) in [6, 6.07) is 4.95. The van der Waals surface area contributed by atoms with E-state index in [0.29, 0.717) is 17.6 Å². The Hall–Kier alpha value is -2.57. The van der Waals surface area contributed by atoms with E-state index in [1.807, 2.05) is 20.8 Å². The smallest absolute Gasteiger partial charge is 0.249 e. The fourth-order valence-electron chi connectivity index (χ4n) is 1.93. The quantitative estimate of drug-likeness (QED) is 0.544. The lowest BCUT2D eigenvalue weighted by Crippen LogP contribution is -2.23. The Bertz CT molecular complexity index is 629. The Labute approximate surface area is 135 Å². The number of amides is 1. The number of ether oxygens (including phenoxy) is 1. The second kappa shape index (κ2) is 7.62. The predicted octanol–water partition coefficient (Wildman–Crippen LogP) is 1.59. The lowest BCUT2D eigenvalue weighted by molar-refractivity contribution is 0.0998. The van der Waals surface area contributed by atoms with E-state index in [4.69, 9.17) is 21.9 Å². The van der Waals surface area contributed by atoms with Gasteiger partial charge in [0.05, 0.1) is 12.9 Å². The average Bonchev–Trinajstić information content (AvgIpc) is 2.45. The largest absolute Gasteiger partial charge is 0.489 e. The van der Waals surface area contributed by atoms with Crippen LogP contribution in [0.5, 0.6) is 5.75 Å². The van der Waals surface area contributed by atoms with Crippen molar-refractivity contribution in [1.29, 1.82) is 0 Å². The van der Waals surface area contributed by atoms with E-state index < -0.39 is 5.91 Å². The zero-order valence-corrected chi connectivity index (χ0v) is 13.6. The van der Waals surface area contributed by atoms with E-state index in [1.54, 1.807) is 18.2 Å². The fraction of sp³-hybridized carbons (Fsp3) is 0.375.